The molecule has 0 aliphatic carbocycles. The summed E-state index contributed by atoms with van der Waals surface area (Å²) >= 11 is 7.21. The number of nitrogens with zero attached hydrogens (tertiary/aromatic N) is 1. The van der Waals surface area contributed by atoms with Crippen LogP contribution in [0.15, 0.2) is 18.2 Å². The Morgan fingerprint density at radius 2 is 2.05 bits per heavy atom. The molecule has 0 bridgehead atoms. The van der Waals surface area contributed by atoms with E-state index in [0.29, 0.717) is 30.3 Å². The zero-order valence-corrected chi connectivity index (χ0v) is 11.8. The Morgan fingerprint density at radius 3 is 2.58 bits per heavy atom. The predicted octanol–water partition coefficient (Wildman–Crippen LogP) is 2.74. The second-order valence-corrected chi connectivity index (χ2v) is 6.16. The number of carbonyl (C=O) groups excluding carboxylic acids is 1. The summed E-state index contributed by atoms with van der Waals surface area (Å²) in [5.74, 6) is -1.16. The van der Waals surface area contributed by atoms with Crippen molar-refractivity contribution in [3.63, 3.8) is 0 Å². The predicted molar refractivity (Wildman–Crippen MR) is 75.3 cm³/mol. The molecule has 4 nitrogen and oxygen atoms in total. The maximum atomic E-state index is 11.9. The Balaban J connectivity index is 1.88. The Labute approximate surface area is 120 Å². The summed E-state index contributed by atoms with van der Waals surface area (Å²) in [5.41, 5.74) is 0. The molecule has 0 unspecified atom stereocenters. The van der Waals surface area contributed by atoms with E-state index in [-0.39, 0.29) is 11.8 Å². The first kappa shape index (κ1) is 14.1. The van der Waals surface area contributed by atoms with Crippen LogP contribution in [0.1, 0.15) is 17.7 Å². The lowest BCUT2D eigenvalue weighted by atomic mass is 9.97. The van der Waals surface area contributed by atoms with Gasteiger partial charge in [0.25, 0.3) is 0 Å². The second-order valence-electron chi connectivity index (χ2n) is 4.41. The summed E-state index contributed by atoms with van der Waals surface area (Å²) in [6.45, 7) is 1.01. The quantitative estimate of drug-likeness (QED) is 0.873. The monoisotopic (exact) mass is 299 g/mol. The van der Waals surface area contributed by atoms with E-state index in [2.05, 4.69) is 0 Å². The van der Waals surface area contributed by atoms with Crippen molar-refractivity contribution in [1.29, 1.82) is 0 Å². The van der Waals surface area contributed by atoms with Crippen LogP contribution in [-0.4, -0.2) is 35.0 Å². The van der Waals surface area contributed by atoms with Crippen molar-refractivity contribution in [3.05, 3.63) is 27.4 Å². The molecule has 1 aromatic rings. The standard InChI is InChI=1S/C13H14ClNO3S/c14-11-3-1-10(19-11)2-4-12(16)15-7-5-9(6-8-15)13(17)18/h1-4,9H,5-8H2,(H,17,18)/b4-2+. The number of piperidine rings is 1. The molecule has 0 radical (unpaired) electrons. The van der Waals surface area contributed by atoms with E-state index < -0.39 is 5.97 Å². The summed E-state index contributed by atoms with van der Waals surface area (Å²) < 4.78 is 0.689. The smallest absolute Gasteiger partial charge is 0.306 e. The first-order valence-corrected chi connectivity index (χ1v) is 7.21. The van der Waals surface area contributed by atoms with Crippen molar-refractivity contribution >= 4 is 40.9 Å². The highest BCUT2D eigenvalue weighted by Gasteiger charge is 2.25. The lowest BCUT2D eigenvalue weighted by Gasteiger charge is -2.29. The maximum Gasteiger partial charge on any atom is 0.306 e. The van der Waals surface area contributed by atoms with Gasteiger partial charge in [0.1, 0.15) is 0 Å². The first-order chi connectivity index (χ1) is 9.06. The van der Waals surface area contributed by atoms with Gasteiger partial charge in [-0.05, 0) is 31.1 Å². The van der Waals surface area contributed by atoms with E-state index in [1.807, 2.05) is 6.07 Å². The number of carboxylic acids is 1. The normalized spacial score (nSPS) is 17.0. The number of carboxylic acid groups (broad SMARTS) is 1. The molecule has 0 aromatic carbocycles. The molecule has 1 aliphatic heterocycles. The summed E-state index contributed by atoms with van der Waals surface area (Å²) in [7, 11) is 0. The molecule has 1 fully saturated rings. The van der Waals surface area contributed by atoms with E-state index in [0.717, 1.165) is 4.88 Å². The Morgan fingerprint density at radius 1 is 1.37 bits per heavy atom. The highest BCUT2D eigenvalue weighted by Crippen LogP contribution is 2.23. The highest BCUT2D eigenvalue weighted by molar-refractivity contribution is 7.17. The van der Waals surface area contributed by atoms with Crippen LogP contribution in [0.3, 0.4) is 0 Å². The fourth-order valence-corrected chi connectivity index (χ4v) is 2.99. The lowest BCUT2D eigenvalue weighted by Crippen LogP contribution is -2.39. The topological polar surface area (TPSA) is 57.6 Å². The van der Waals surface area contributed by atoms with E-state index >= 15 is 0 Å². The van der Waals surface area contributed by atoms with Crippen molar-refractivity contribution in [2.45, 2.75) is 12.8 Å². The number of thiophene rings is 1. The van der Waals surface area contributed by atoms with Crippen LogP contribution in [-0.2, 0) is 9.59 Å². The third-order valence-corrected chi connectivity index (χ3v) is 4.34. The lowest BCUT2D eigenvalue weighted by molar-refractivity contribution is -0.144. The Hall–Kier alpha value is -1.33. The molecule has 0 saturated carbocycles. The van der Waals surface area contributed by atoms with Gasteiger partial charge in [0.15, 0.2) is 0 Å². The molecule has 0 atom stereocenters. The van der Waals surface area contributed by atoms with Crippen molar-refractivity contribution in [3.8, 4) is 0 Å². The van der Waals surface area contributed by atoms with Gasteiger partial charge in [-0.25, -0.2) is 0 Å². The molecular formula is C13H14ClNO3S. The van der Waals surface area contributed by atoms with Gasteiger partial charge in [-0.15, -0.1) is 11.3 Å². The minimum atomic E-state index is -0.768. The minimum Gasteiger partial charge on any atom is -0.481 e. The highest BCUT2D eigenvalue weighted by atomic mass is 35.5. The van der Waals surface area contributed by atoms with E-state index in [1.54, 1.807) is 17.0 Å². The summed E-state index contributed by atoms with van der Waals surface area (Å²) in [4.78, 5) is 25.3. The van der Waals surface area contributed by atoms with Crippen LogP contribution in [0.4, 0.5) is 0 Å². The van der Waals surface area contributed by atoms with Gasteiger partial charge in [-0.1, -0.05) is 11.6 Å². The summed E-state index contributed by atoms with van der Waals surface area (Å²) in [6, 6.07) is 3.64. The van der Waals surface area contributed by atoms with Crippen LogP contribution in [0.25, 0.3) is 6.08 Å². The van der Waals surface area contributed by atoms with E-state index in [1.165, 1.54) is 17.4 Å². The zero-order chi connectivity index (χ0) is 13.8. The number of hydrogen-bond donors (Lipinski definition) is 1. The third-order valence-electron chi connectivity index (χ3n) is 3.14. The average Bonchev–Trinajstić information content (AvgIpc) is 2.82. The van der Waals surface area contributed by atoms with Crippen LogP contribution in [0.5, 0.6) is 0 Å². The van der Waals surface area contributed by atoms with Crippen LogP contribution >= 0.6 is 22.9 Å². The Bertz CT molecular complexity index is 504. The van der Waals surface area contributed by atoms with Crippen molar-refractivity contribution in [1.82, 2.24) is 4.90 Å². The molecule has 1 aliphatic rings. The van der Waals surface area contributed by atoms with Crippen molar-refractivity contribution in [2.24, 2.45) is 5.92 Å². The SMILES string of the molecule is O=C(O)C1CCN(C(=O)/C=C/c2ccc(Cl)s2)CC1. The van der Waals surface area contributed by atoms with Crippen molar-refractivity contribution in [2.75, 3.05) is 13.1 Å². The zero-order valence-electron chi connectivity index (χ0n) is 10.2. The second kappa shape index (κ2) is 6.21. The first-order valence-electron chi connectivity index (χ1n) is 6.01. The fraction of sp³-hybridized carbons (Fsp3) is 0.385. The van der Waals surface area contributed by atoms with Gasteiger partial charge in [-0.3, -0.25) is 9.59 Å². The van der Waals surface area contributed by atoms with Crippen molar-refractivity contribution < 1.29 is 14.7 Å². The van der Waals surface area contributed by atoms with Gasteiger partial charge >= 0.3 is 5.97 Å². The molecule has 6 heteroatoms. The molecule has 1 N–H and O–H groups in total. The number of hydrogen-bond acceptors (Lipinski definition) is 3. The van der Waals surface area contributed by atoms with Gasteiger partial charge in [0.2, 0.25) is 5.91 Å². The number of aliphatic carboxylic acids is 1. The molecule has 19 heavy (non-hydrogen) atoms. The largest absolute Gasteiger partial charge is 0.481 e. The molecule has 2 heterocycles. The van der Waals surface area contributed by atoms with Gasteiger partial charge in [-0.2, -0.15) is 0 Å². The summed E-state index contributed by atoms with van der Waals surface area (Å²) in [5, 5.41) is 8.89. The average molecular weight is 300 g/mol. The molecule has 1 amide bonds. The molecule has 102 valence electrons. The number of carbonyl (C=O) groups is 2. The molecule has 1 saturated heterocycles. The third kappa shape index (κ3) is 3.81. The molecule has 2 rings (SSSR count). The molecular weight excluding hydrogens is 286 g/mol. The summed E-state index contributed by atoms with van der Waals surface area (Å²) in [6.07, 6.45) is 4.31. The maximum absolute atomic E-state index is 11.9. The number of likely N-dealkylation sites (tertiary alicyclic amines) is 1. The Kier molecular flexibility index (Phi) is 4.61. The van der Waals surface area contributed by atoms with Gasteiger partial charge in [0.05, 0.1) is 10.3 Å². The fourth-order valence-electron chi connectivity index (χ4n) is 2.02. The number of amides is 1. The van der Waals surface area contributed by atoms with E-state index in [4.69, 9.17) is 16.7 Å². The van der Waals surface area contributed by atoms with Gasteiger partial charge in [0, 0.05) is 24.0 Å². The van der Waals surface area contributed by atoms with E-state index in [9.17, 15) is 9.59 Å². The number of halogens is 1. The number of rotatable bonds is 3. The molecule has 0 spiro atoms. The van der Waals surface area contributed by atoms with Gasteiger partial charge < -0.3 is 10.0 Å². The van der Waals surface area contributed by atoms with Crippen LogP contribution in [0.2, 0.25) is 4.34 Å². The van der Waals surface area contributed by atoms with Crippen LogP contribution in [0, 0.1) is 5.92 Å². The molecule has 1 aromatic heterocycles. The van der Waals surface area contributed by atoms with Crippen LogP contribution < -0.4 is 0 Å². The minimum absolute atomic E-state index is 0.0756.